The van der Waals surface area contributed by atoms with Crippen LogP contribution in [0.5, 0.6) is 5.88 Å². The van der Waals surface area contributed by atoms with E-state index in [1.54, 1.807) is 27.9 Å². The number of ether oxygens (including phenoxy) is 3. The molecule has 1 saturated carbocycles. The summed E-state index contributed by atoms with van der Waals surface area (Å²) >= 11 is 0. The quantitative estimate of drug-likeness (QED) is 0.209. The van der Waals surface area contributed by atoms with Crippen molar-refractivity contribution in [3.8, 4) is 5.88 Å². The van der Waals surface area contributed by atoms with E-state index in [9.17, 15) is 27.6 Å². The van der Waals surface area contributed by atoms with Crippen LogP contribution in [-0.2, 0) is 40.3 Å². The van der Waals surface area contributed by atoms with Crippen molar-refractivity contribution in [2.45, 2.75) is 154 Å². The number of allylic oxidation sites excluding steroid dienone is 1. The average molecular weight is 789 g/mol. The lowest BCUT2D eigenvalue weighted by atomic mass is 9.85. The topological polar surface area (TPSA) is 195 Å². The minimum absolute atomic E-state index is 0.00139. The van der Waals surface area contributed by atoms with Gasteiger partial charge in [-0.2, -0.15) is 0 Å². The Labute approximate surface area is 325 Å². The van der Waals surface area contributed by atoms with Crippen molar-refractivity contribution in [1.82, 2.24) is 30.2 Å². The number of cyclic esters (lactones) is 1. The number of carbonyl (C=O) groups excluding carboxylic acids is 4. The normalized spacial score (nSPS) is 24.2. The van der Waals surface area contributed by atoms with E-state index >= 15 is 0 Å². The Morgan fingerprint density at radius 3 is 2.38 bits per heavy atom. The first-order valence-electron chi connectivity index (χ1n) is 19.4. The van der Waals surface area contributed by atoms with Gasteiger partial charge in [-0.1, -0.05) is 47.1 Å². The summed E-state index contributed by atoms with van der Waals surface area (Å²) in [5, 5.41) is 4.86. The highest BCUT2D eigenvalue weighted by atomic mass is 32.2. The van der Waals surface area contributed by atoms with Crippen molar-refractivity contribution < 1.29 is 41.8 Å². The third-order valence-electron chi connectivity index (χ3n) is 10.4. The number of nitrogens with one attached hydrogen (secondary N) is 3. The number of hydrogen-bond donors (Lipinski definition) is 3. The van der Waals surface area contributed by atoms with Gasteiger partial charge in [0.05, 0.1) is 36.1 Å². The maximum atomic E-state index is 14.6. The highest BCUT2D eigenvalue weighted by Gasteiger charge is 2.49. The number of carbonyl (C=O) groups is 4. The van der Waals surface area contributed by atoms with Crippen LogP contribution in [0, 0.1) is 12.3 Å². The SMILES string of the molecule is C=CCC(C)(NC(=O)C1CC2CN1C(=O)C(C(C)(C)C)NC(=O)OC(CC)CCCCCc1nc(C)c(C=C(CC)OC)nc1O2)C(=O)NS(=O)(=O)C1CC1. The summed E-state index contributed by atoms with van der Waals surface area (Å²) in [7, 11) is -2.34. The van der Waals surface area contributed by atoms with Crippen LogP contribution in [0.2, 0.25) is 0 Å². The predicted octanol–water partition coefficient (Wildman–Crippen LogP) is 4.63. The zero-order valence-corrected chi connectivity index (χ0v) is 34.5. The molecule has 55 heavy (non-hydrogen) atoms. The first-order chi connectivity index (χ1) is 25.8. The van der Waals surface area contributed by atoms with Gasteiger partial charge >= 0.3 is 6.09 Å². The molecule has 1 aromatic rings. The number of nitrogens with zero attached hydrogens (tertiary/aromatic N) is 3. The molecule has 3 heterocycles. The molecule has 3 aliphatic rings. The van der Waals surface area contributed by atoms with Crippen molar-refractivity contribution in [3.63, 3.8) is 0 Å². The molecule has 16 heteroatoms. The molecular weight excluding hydrogens is 729 g/mol. The molecule has 15 nitrogen and oxygen atoms in total. The number of aryl methyl sites for hydroxylation is 2. The molecule has 0 spiro atoms. The predicted molar refractivity (Wildman–Crippen MR) is 207 cm³/mol. The third-order valence-corrected chi connectivity index (χ3v) is 12.2. The minimum atomic E-state index is -3.93. The van der Waals surface area contributed by atoms with E-state index in [0.29, 0.717) is 61.4 Å². The monoisotopic (exact) mass is 788 g/mol. The van der Waals surface area contributed by atoms with Crippen molar-refractivity contribution in [1.29, 1.82) is 0 Å². The van der Waals surface area contributed by atoms with E-state index in [-0.39, 0.29) is 31.4 Å². The molecule has 1 saturated heterocycles. The van der Waals surface area contributed by atoms with Crippen LogP contribution in [-0.4, -0.2) is 95.8 Å². The van der Waals surface area contributed by atoms with Gasteiger partial charge in [-0.25, -0.2) is 18.2 Å². The van der Waals surface area contributed by atoms with Crippen LogP contribution in [0.25, 0.3) is 6.08 Å². The van der Waals surface area contributed by atoms with Gasteiger partial charge in [-0.05, 0) is 70.6 Å². The molecule has 1 aromatic heterocycles. The van der Waals surface area contributed by atoms with Crippen LogP contribution >= 0.6 is 0 Å². The number of aromatic nitrogens is 2. The number of amides is 4. The van der Waals surface area contributed by atoms with Crippen LogP contribution in [0.4, 0.5) is 4.79 Å². The van der Waals surface area contributed by atoms with E-state index in [0.717, 1.165) is 19.3 Å². The van der Waals surface area contributed by atoms with Crippen molar-refractivity contribution >= 4 is 39.9 Å². The lowest BCUT2D eigenvalue weighted by Crippen LogP contribution is -2.62. The van der Waals surface area contributed by atoms with E-state index in [1.165, 1.54) is 17.9 Å². The number of alkyl carbamates (subject to hydrolysis) is 1. The minimum Gasteiger partial charge on any atom is -0.501 e. The second-order valence-corrected chi connectivity index (χ2v) is 18.0. The molecule has 306 valence electrons. The number of sulfonamides is 1. The maximum Gasteiger partial charge on any atom is 0.408 e. The summed E-state index contributed by atoms with van der Waals surface area (Å²) in [5.74, 6) is -1.18. The zero-order valence-electron chi connectivity index (χ0n) is 33.7. The van der Waals surface area contributed by atoms with Crippen LogP contribution in [0.15, 0.2) is 18.4 Å². The first kappa shape index (κ1) is 43.5. The van der Waals surface area contributed by atoms with E-state index < -0.39 is 68.2 Å². The van der Waals surface area contributed by atoms with Gasteiger partial charge < -0.3 is 29.7 Å². The Kier molecular flexibility index (Phi) is 14.4. The summed E-state index contributed by atoms with van der Waals surface area (Å²) in [6, 6.07) is -2.29. The Bertz CT molecular complexity index is 1730. The number of hydrogen-bond acceptors (Lipinski definition) is 11. The van der Waals surface area contributed by atoms with Crippen molar-refractivity contribution in [2.24, 2.45) is 5.41 Å². The van der Waals surface area contributed by atoms with Crippen molar-refractivity contribution in [3.05, 3.63) is 35.5 Å². The van der Waals surface area contributed by atoms with Gasteiger partial charge in [0.2, 0.25) is 27.7 Å². The number of fused-ring (bicyclic) bond motifs is 3. The smallest absolute Gasteiger partial charge is 0.408 e. The second kappa shape index (κ2) is 18.2. The van der Waals surface area contributed by atoms with Gasteiger partial charge in [-0.3, -0.25) is 24.1 Å². The third kappa shape index (κ3) is 11.2. The Balaban J connectivity index is 1.77. The number of methoxy groups -OCH3 is 1. The Morgan fingerprint density at radius 1 is 1.07 bits per heavy atom. The maximum absolute atomic E-state index is 14.6. The summed E-state index contributed by atoms with van der Waals surface area (Å²) in [6.07, 6.45) is 7.02. The summed E-state index contributed by atoms with van der Waals surface area (Å²) in [5.41, 5.74) is -0.644. The highest BCUT2D eigenvalue weighted by molar-refractivity contribution is 7.91. The first-order valence-corrected chi connectivity index (χ1v) is 21.0. The molecule has 2 aliphatic heterocycles. The summed E-state index contributed by atoms with van der Waals surface area (Å²) in [4.78, 5) is 66.9. The summed E-state index contributed by atoms with van der Waals surface area (Å²) in [6.45, 7) is 16.2. The molecule has 5 atom stereocenters. The standard InChI is InChI=1S/C39H60N6O9S/c1-10-20-39(8,36(48)44-55(50,51)28-18-19-28)43-33(46)31-22-27-23-45(31)35(47)32(38(5,6)7)42-37(49)54-25(11-2)16-14-13-15-17-29-34(53-27)41-30(24(4)40-29)21-26(12-3)52-9/h10,21,25,27-28,31-32H,1,11-20,22-23H2,2-9H3,(H,42,49)(H,43,46)(H,44,48). The van der Waals surface area contributed by atoms with Gasteiger partial charge in [0.25, 0.3) is 5.91 Å². The van der Waals surface area contributed by atoms with Crippen molar-refractivity contribution in [2.75, 3.05) is 13.7 Å². The molecule has 0 radical (unpaired) electrons. The largest absolute Gasteiger partial charge is 0.501 e. The molecule has 0 aromatic carbocycles. The molecule has 2 bridgehead atoms. The fourth-order valence-electron chi connectivity index (χ4n) is 6.80. The van der Waals surface area contributed by atoms with Crippen LogP contribution in [0.1, 0.15) is 123 Å². The molecule has 1 aliphatic carbocycles. The molecule has 5 unspecified atom stereocenters. The Hall–Kier alpha value is -4.21. The van der Waals surface area contributed by atoms with Gasteiger partial charge in [-0.15, -0.1) is 6.58 Å². The Morgan fingerprint density at radius 2 is 1.78 bits per heavy atom. The molecule has 4 rings (SSSR count). The van der Waals surface area contributed by atoms with Gasteiger partial charge in [0.1, 0.15) is 35.5 Å². The van der Waals surface area contributed by atoms with E-state index in [4.69, 9.17) is 24.2 Å². The van der Waals surface area contributed by atoms with Crippen LogP contribution in [0.3, 0.4) is 0 Å². The van der Waals surface area contributed by atoms with Gasteiger partial charge in [0, 0.05) is 18.9 Å². The molecule has 3 N–H and O–H groups in total. The molecule has 2 fully saturated rings. The van der Waals surface area contributed by atoms with Crippen LogP contribution < -0.4 is 20.1 Å². The highest BCUT2D eigenvalue weighted by Crippen LogP contribution is 2.32. The lowest BCUT2D eigenvalue weighted by Gasteiger charge is -2.36. The fraction of sp³-hybridized carbons (Fsp3) is 0.692. The second-order valence-electron chi connectivity index (χ2n) is 16.1. The van der Waals surface area contributed by atoms with E-state index in [2.05, 4.69) is 21.9 Å². The van der Waals surface area contributed by atoms with Gasteiger partial charge in [0.15, 0.2) is 0 Å². The summed E-state index contributed by atoms with van der Waals surface area (Å²) < 4.78 is 45.5. The fourth-order valence-corrected chi connectivity index (χ4v) is 8.21. The lowest BCUT2D eigenvalue weighted by molar-refractivity contribution is -0.143. The number of rotatable bonds is 11. The molecular formula is C39H60N6O9S. The average Bonchev–Trinajstić information content (AvgIpc) is 3.90. The zero-order chi connectivity index (χ0) is 40.7. The van der Waals surface area contributed by atoms with E-state index in [1.807, 2.05) is 26.8 Å². The molecule has 4 amide bonds.